The molecule has 0 bridgehead atoms. The zero-order chi connectivity index (χ0) is 12.3. The molecule has 3 N–H and O–H groups in total. The summed E-state index contributed by atoms with van der Waals surface area (Å²) < 4.78 is 6.97. The van der Waals surface area contributed by atoms with E-state index in [4.69, 9.17) is 10.5 Å². The quantitative estimate of drug-likeness (QED) is 0.636. The van der Waals surface area contributed by atoms with E-state index in [1.807, 2.05) is 6.92 Å². The summed E-state index contributed by atoms with van der Waals surface area (Å²) in [5.74, 6) is 0. The highest BCUT2D eigenvalue weighted by Crippen LogP contribution is 2.03. The van der Waals surface area contributed by atoms with Gasteiger partial charge in [0, 0.05) is 14.1 Å². The van der Waals surface area contributed by atoms with Crippen molar-refractivity contribution in [2.24, 2.45) is 12.8 Å². The first-order chi connectivity index (χ1) is 7.51. The molecule has 1 aromatic rings. The second kappa shape index (κ2) is 4.79. The van der Waals surface area contributed by atoms with Crippen molar-refractivity contribution in [1.82, 2.24) is 19.7 Å². The van der Waals surface area contributed by atoms with Gasteiger partial charge in [-0.1, -0.05) is 6.92 Å². The van der Waals surface area contributed by atoms with Gasteiger partial charge in [0.25, 0.3) is 0 Å². The zero-order valence-corrected chi connectivity index (χ0v) is 9.43. The largest absolute Gasteiger partial charge is 0.445 e. The molecule has 0 radical (unpaired) electrons. The lowest BCUT2D eigenvalue weighted by Crippen LogP contribution is -2.35. The van der Waals surface area contributed by atoms with Crippen molar-refractivity contribution in [3.63, 3.8) is 0 Å². The van der Waals surface area contributed by atoms with E-state index in [1.165, 1.54) is 14.1 Å². The van der Waals surface area contributed by atoms with Crippen LogP contribution in [-0.2, 0) is 7.05 Å². The first-order valence-electron chi connectivity index (χ1n) is 4.81. The standard InChI is InChI=1S/C8H15N5O3/c1-4-5(9)16-7-11-13(6(14)10-2)8(15)12(7)3/h5H,4,9H2,1-3H3,(H,10,14). The number of nitrogens with zero attached hydrogens (tertiary/aromatic N) is 3. The first kappa shape index (κ1) is 12.2. The molecule has 1 rings (SSSR count). The molecule has 0 saturated heterocycles. The van der Waals surface area contributed by atoms with Crippen molar-refractivity contribution in [3.8, 4) is 6.01 Å². The van der Waals surface area contributed by atoms with Gasteiger partial charge in [-0.15, -0.1) is 9.78 Å². The van der Waals surface area contributed by atoms with Gasteiger partial charge in [0.05, 0.1) is 0 Å². The van der Waals surface area contributed by atoms with Crippen LogP contribution in [-0.4, -0.2) is 33.7 Å². The maximum Gasteiger partial charge on any atom is 0.357 e. The molecule has 90 valence electrons. The third-order valence-electron chi connectivity index (χ3n) is 2.01. The highest BCUT2D eigenvalue weighted by atomic mass is 16.5. The molecule has 1 amide bonds. The number of hydrogen-bond donors (Lipinski definition) is 2. The number of carbonyl (C=O) groups excluding carboxylic acids is 1. The summed E-state index contributed by atoms with van der Waals surface area (Å²) in [5.41, 5.74) is 4.97. The van der Waals surface area contributed by atoms with Gasteiger partial charge in [0.2, 0.25) is 0 Å². The third kappa shape index (κ3) is 2.22. The summed E-state index contributed by atoms with van der Waals surface area (Å²) in [6, 6.07) is -0.608. The van der Waals surface area contributed by atoms with Gasteiger partial charge in [-0.3, -0.25) is 5.73 Å². The van der Waals surface area contributed by atoms with E-state index < -0.39 is 17.9 Å². The lowest BCUT2D eigenvalue weighted by atomic mass is 10.4. The number of nitrogens with two attached hydrogens (primary N) is 1. The monoisotopic (exact) mass is 229 g/mol. The van der Waals surface area contributed by atoms with Crippen LogP contribution in [0.25, 0.3) is 0 Å². The molecule has 0 aliphatic rings. The molecule has 0 fully saturated rings. The average Bonchev–Trinajstić information content (AvgIpc) is 2.56. The van der Waals surface area contributed by atoms with Crippen LogP contribution in [0.15, 0.2) is 4.79 Å². The summed E-state index contributed by atoms with van der Waals surface area (Å²) in [5, 5.41) is 6.01. The molecule has 1 aromatic heterocycles. The van der Waals surface area contributed by atoms with Crippen LogP contribution in [0.1, 0.15) is 13.3 Å². The molecule has 0 aliphatic heterocycles. The van der Waals surface area contributed by atoms with Crippen LogP contribution in [0.3, 0.4) is 0 Å². The Morgan fingerprint density at radius 1 is 1.69 bits per heavy atom. The number of hydrogen-bond acceptors (Lipinski definition) is 5. The number of nitrogens with one attached hydrogen (secondary N) is 1. The van der Waals surface area contributed by atoms with Crippen LogP contribution in [0.5, 0.6) is 6.01 Å². The maximum absolute atomic E-state index is 11.5. The van der Waals surface area contributed by atoms with Gasteiger partial charge < -0.3 is 10.1 Å². The predicted octanol–water partition coefficient (Wildman–Crippen LogP) is -1.16. The molecule has 1 heterocycles. The summed E-state index contributed by atoms with van der Waals surface area (Å²) in [6.45, 7) is 1.83. The second-order valence-corrected chi connectivity index (χ2v) is 3.16. The van der Waals surface area contributed by atoms with Crippen LogP contribution in [0.4, 0.5) is 4.79 Å². The SMILES string of the molecule is CCC(N)Oc1nn(C(=O)NC)c(=O)n1C. The molecular weight excluding hydrogens is 214 g/mol. The Labute approximate surface area is 92.0 Å². The molecular formula is C8H15N5O3. The Kier molecular flexibility index (Phi) is 3.67. The van der Waals surface area contributed by atoms with Gasteiger partial charge in [-0.05, 0) is 6.42 Å². The minimum atomic E-state index is -0.625. The number of ether oxygens (including phenoxy) is 1. The smallest absolute Gasteiger partial charge is 0.357 e. The molecule has 8 heteroatoms. The number of aromatic nitrogens is 3. The summed E-state index contributed by atoms with van der Waals surface area (Å²) >= 11 is 0. The van der Waals surface area contributed by atoms with Crippen LogP contribution in [0.2, 0.25) is 0 Å². The highest BCUT2D eigenvalue weighted by Gasteiger charge is 2.17. The Balaban J connectivity index is 3.05. The Morgan fingerprint density at radius 3 is 2.81 bits per heavy atom. The molecule has 0 saturated carbocycles. The predicted molar refractivity (Wildman–Crippen MR) is 56.2 cm³/mol. The van der Waals surface area contributed by atoms with Crippen molar-refractivity contribution in [2.45, 2.75) is 19.6 Å². The second-order valence-electron chi connectivity index (χ2n) is 3.16. The minimum Gasteiger partial charge on any atom is -0.445 e. The van der Waals surface area contributed by atoms with Gasteiger partial charge in [-0.25, -0.2) is 14.2 Å². The van der Waals surface area contributed by atoms with E-state index in [-0.39, 0.29) is 6.01 Å². The fourth-order valence-corrected chi connectivity index (χ4v) is 0.979. The van der Waals surface area contributed by atoms with E-state index in [1.54, 1.807) is 0 Å². The zero-order valence-electron chi connectivity index (χ0n) is 9.43. The normalized spacial score (nSPS) is 12.2. The highest BCUT2D eigenvalue weighted by molar-refractivity contribution is 5.75. The Bertz CT molecular complexity index is 435. The van der Waals surface area contributed by atoms with Crippen LogP contribution in [0, 0.1) is 0 Å². The fraction of sp³-hybridized carbons (Fsp3) is 0.625. The van der Waals surface area contributed by atoms with E-state index >= 15 is 0 Å². The summed E-state index contributed by atoms with van der Waals surface area (Å²) in [6.07, 6.45) is 0.0136. The van der Waals surface area contributed by atoms with E-state index in [0.717, 1.165) is 4.57 Å². The first-order valence-corrected chi connectivity index (χ1v) is 4.81. The fourth-order valence-electron chi connectivity index (χ4n) is 0.979. The number of amides is 1. The molecule has 1 atom stereocenters. The summed E-state index contributed by atoms with van der Waals surface area (Å²) in [7, 11) is 2.86. The maximum atomic E-state index is 11.5. The van der Waals surface area contributed by atoms with Gasteiger partial charge in [0.15, 0.2) is 6.23 Å². The van der Waals surface area contributed by atoms with Crippen molar-refractivity contribution < 1.29 is 9.53 Å². The van der Waals surface area contributed by atoms with E-state index in [9.17, 15) is 9.59 Å². The molecule has 0 spiro atoms. The van der Waals surface area contributed by atoms with E-state index in [2.05, 4.69) is 10.4 Å². The van der Waals surface area contributed by atoms with Gasteiger partial charge in [-0.2, -0.15) is 0 Å². The molecule has 0 aliphatic carbocycles. The molecule has 8 nitrogen and oxygen atoms in total. The summed E-state index contributed by atoms with van der Waals surface area (Å²) in [4.78, 5) is 22.8. The van der Waals surface area contributed by atoms with Gasteiger partial charge >= 0.3 is 17.7 Å². The topological polar surface area (TPSA) is 104 Å². The van der Waals surface area contributed by atoms with Gasteiger partial charge in [0.1, 0.15) is 0 Å². The van der Waals surface area contributed by atoms with Crippen molar-refractivity contribution in [3.05, 3.63) is 10.5 Å². The molecule has 16 heavy (non-hydrogen) atoms. The Morgan fingerprint density at radius 2 is 2.31 bits per heavy atom. The van der Waals surface area contributed by atoms with Crippen molar-refractivity contribution in [2.75, 3.05) is 7.05 Å². The lowest BCUT2D eigenvalue weighted by Gasteiger charge is -2.09. The van der Waals surface area contributed by atoms with Crippen molar-refractivity contribution >= 4 is 6.03 Å². The van der Waals surface area contributed by atoms with E-state index in [0.29, 0.717) is 11.1 Å². The number of carbonyl (C=O) groups is 1. The minimum absolute atomic E-state index is 0.0166. The lowest BCUT2D eigenvalue weighted by molar-refractivity contribution is 0.179. The Hall–Kier alpha value is -1.83. The number of rotatable bonds is 3. The van der Waals surface area contributed by atoms with Crippen LogP contribution < -0.4 is 21.5 Å². The molecule has 1 unspecified atom stereocenters. The van der Waals surface area contributed by atoms with Crippen LogP contribution >= 0.6 is 0 Å². The van der Waals surface area contributed by atoms with Crippen molar-refractivity contribution in [1.29, 1.82) is 0 Å². The average molecular weight is 229 g/mol. The third-order valence-corrected chi connectivity index (χ3v) is 2.01. The molecule has 0 aromatic carbocycles.